The maximum atomic E-state index is 5.44. The van der Waals surface area contributed by atoms with E-state index < -0.39 is 0 Å². The van der Waals surface area contributed by atoms with Gasteiger partial charge in [-0.1, -0.05) is 30.5 Å². The minimum Gasteiger partial charge on any atom is -0.312 e. The van der Waals surface area contributed by atoms with Gasteiger partial charge in [0, 0.05) is 23.4 Å². The monoisotopic (exact) mass is 219 g/mol. The fraction of sp³-hybridized carbons (Fsp3) is 0.800. The Balaban J connectivity index is 2.23. The van der Waals surface area contributed by atoms with Crippen LogP contribution in [0.25, 0.3) is 0 Å². The number of hydrogen-bond donors (Lipinski definition) is 1. The number of hydrogen-bond acceptors (Lipinski definition) is 2. The Morgan fingerprint density at radius 2 is 2.15 bits per heavy atom. The Morgan fingerprint density at radius 3 is 2.69 bits per heavy atom. The quantitative estimate of drug-likeness (QED) is 0.714. The first-order chi connectivity index (χ1) is 6.33. The summed E-state index contributed by atoms with van der Waals surface area (Å²) in [6.45, 7) is 2.02. The van der Waals surface area contributed by atoms with Crippen molar-refractivity contribution in [2.45, 2.75) is 30.4 Å². The fourth-order valence-electron chi connectivity index (χ4n) is 1.90. The third kappa shape index (κ3) is 3.53. The van der Waals surface area contributed by atoms with Gasteiger partial charge in [0.15, 0.2) is 0 Å². The summed E-state index contributed by atoms with van der Waals surface area (Å²) in [6, 6.07) is 0. The largest absolute Gasteiger partial charge is 0.312 e. The zero-order valence-corrected chi connectivity index (χ0v) is 9.76. The van der Waals surface area contributed by atoms with E-state index in [4.69, 9.17) is 11.6 Å². The second-order valence-corrected chi connectivity index (χ2v) is 5.11. The van der Waals surface area contributed by atoms with Crippen LogP contribution in [0.4, 0.5) is 0 Å². The highest BCUT2D eigenvalue weighted by molar-refractivity contribution is 8.00. The molecule has 0 bridgehead atoms. The average molecular weight is 220 g/mol. The van der Waals surface area contributed by atoms with E-state index in [-0.39, 0.29) is 0 Å². The molecule has 76 valence electrons. The molecule has 1 nitrogen and oxygen atoms in total. The average Bonchev–Trinajstić information content (AvgIpc) is 2.62. The smallest absolute Gasteiger partial charge is 0.0281 e. The van der Waals surface area contributed by atoms with E-state index in [2.05, 4.69) is 11.6 Å². The van der Waals surface area contributed by atoms with Gasteiger partial charge < -0.3 is 5.32 Å². The van der Waals surface area contributed by atoms with Gasteiger partial charge in [-0.05, 0) is 19.1 Å². The predicted molar refractivity (Wildman–Crippen MR) is 62.6 cm³/mol. The van der Waals surface area contributed by atoms with Gasteiger partial charge in [0.25, 0.3) is 0 Å². The maximum Gasteiger partial charge on any atom is 0.0281 e. The van der Waals surface area contributed by atoms with E-state index in [0.29, 0.717) is 4.75 Å². The molecule has 0 aromatic rings. The molecule has 3 heteroatoms. The molecule has 1 rings (SSSR count). The van der Waals surface area contributed by atoms with Gasteiger partial charge in [-0.2, -0.15) is 11.8 Å². The van der Waals surface area contributed by atoms with Crippen LogP contribution in [-0.4, -0.2) is 24.1 Å². The minimum absolute atomic E-state index is 0.514. The first-order valence-corrected chi connectivity index (χ1v) is 6.50. The molecule has 0 heterocycles. The Kier molecular flexibility index (Phi) is 5.22. The Hall–Kier alpha value is 0.340. The van der Waals surface area contributed by atoms with Crippen LogP contribution < -0.4 is 5.32 Å². The second-order valence-electron chi connectivity index (χ2n) is 3.59. The molecule has 0 aromatic heterocycles. The number of halogens is 1. The molecule has 0 amide bonds. The number of thioether (sulfide) groups is 1. The van der Waals surface area contributed by atoms with Crippen LogP contribution in [0.3, 0.4) is 0 Å². The molecule has 0 aliphatic heterocycles. The van der Waals surface area contributed by atoms with E-state index in [0.717, 1.165) is 13.1 Å². The lowest BCUT2D eigenvalue weighted by Crippen LogP contribution is -2.35. The van der Waals surface area contributed by atoms with Crippen molar-refractivity contribution in [1.29, 1.82) is 0 Å². The zero-order chi connectivity index (χ0) is 9.57. The van der Waals surface area contributed by atoms with E-state index in [1.807, 2.05) is 17.8 Å². The molecule has 0 atom stereocenters. The van der Waals surface area contributed by atoms with Crippen molar-refractivity contribution in [3.63, 3.8) is 0 Å². The third-order valence-corrected chi connectivity index (χ3v) is 4.34. The van der Waals surface area contributed by atoms with E-state index in [9.17, 15) is 0 Å². The summed E-state index contributed by atoms with van der Waals surface area (Å²) in [5, 5.41) is 3.43. The molecule has 1 fully saturated rings. The first kappa shape index (κ1) is 11.4. The molecular weight excluding hydrogens is 202 g/mol. The van der Waals surface area contributed by atoms with E-state index >= 15 is 0 Å². The minimum atomic E-state index is 0.514. The first-order valence-electron chi connectivity index (χ1n) is 4.84. The van der Waals surface area contributed by atoms with E-state index in [1.165, 1.54) is 25.7 Å². The third-order valence-electron chi connectivity index (χ3n) is 2.75. The highest BCUT2D eigenvalue weighted by Crippen LogP contribution is 2.39. The Morgan fingerprint density at radius 1 is 1.46 bits per heavy atom. The van der Waals surface area contributed by atoms with Crippen LogP contribution in [0.1, 0.15) is 25.7 Å². The molecule has 1 aliphatic rings. The van der Waals surface area contributed by atoms with Gasteiger partial charge in [0.2, 0.25) is 0 Å². The summed E-state index contributed by atoms with van der Waals surface area (Å²) in [7, 11) is 0. The SMILES string of the molecule is CSC1(CNC/C=C/Cl)CCCC1. The lowest BCUT2D eigenvalue weighted by atomic mass is 10.1. The van der Waals surface area contributed by atoms with E-state index in [1.54, 1.807) is 5.54 Å². The van der Waals surface area contributed by atoms with Gasteiger partial charge in [-0.3, -0.25) is 0 Å². The highest BCUT2D eigenvalue weighted by Gasteiger charge is 2.31. The lowest BCUT2D eigenvalue weighted by Gasteiger charge is -2.26. The molecule has 1 aliphatic carbocycles. The molecule has 0 aromatic carbocycles. The van der Waals surface area contributed by atoms with Crippen molar-refractivity contribution in [3.8, 4) is 0 Å². The Labute approximate surface area is 90.3 Å². The highest BCUT2D eigenvalue weighted by atomic mass is 35.5. The van der Waals surface area contributed by atoms with Crippen molar-refractivity contribution in [2.75, 3.05) is 19.3 Å². The predicted octanol–water partition coefficient (Wildman–Crippen LogP) is 3.00. The Bertz CT molecular complexity index is 164. The normalized spacial score (nSPS) is 21.4. The van der Waals surface area contributed by atoms with Crippen LogP contribution >= 0.6 is 23.4 Å². The summed E-state index contributed by atoms with van der Waals surface area (Å²) < 4.78 is 0.514. The molecule has 0 spiro atoms. The van der Waals surface area contributed by atoms with Crippen molar-refractivity contribution >= 4 is 23.4 Å². The standard InChI is InChI=1S/C10H18ClNS/c1-13-10(5-2-3-6-10)9-12-8-4-7-11/h4,7,12H,2-3,5-6,8-9H2,1H3/b7-4+. The van der Waals surface area contributed by atoms with Gasteiger partial charge in [-0.25, -0.2) is 0 Å². The van der Waals surface area contributed by atoms with Crippen LogP contribution in [0, 0.1) is 0 Å². The second kappa shape index (κ2) is 5.94. The van der Waals surface area contributed by atoms with Gasteiger partial charge in [0.1, 0.15) is 0 Å². The van der Waals surface area contributed by atoms with Crippen LogP contribution in [-0.2, 0) is 0 Å². The molecule has 0 saturated heterocycles. The molecule has 1 saturated carbocycles. The lowest BCUT2D eigenvalue weighted by molar-refractivity contribution is 0.553. The zero-order valence-electron chi connectivity index (χ0n) is 8.18. The molecule has 13 heavy (non-hydrogen) atoms. The summed E-state index contributed by atoms with van der Waals surface area (Å²) in [5.74, 6) is 0. The number of rotatable bonds is 5. The molecule has 1 N–H and O–H groups in total. The van der Waals surface area contributed by atoms with Crippen LogP contribution in [0.15, 0.2) is 11.6 Å². The summed E-state index contributed by atoms with van der Waals surface area (Å²) in [6.07, 6.45) is 9.70. The molecule has 0 unspecified atom stereocenters. The van der Waals surface area contributed by atoms with Crippen molar-refractivity contribution in [1.82, 2.24) is 5.32 Å². The summed E-state index contributed by atoms with van der Waals surface area (Å²) in [4.78, 5) is 0. The van der Waals surface area contributed by atoms with Crippen LogP contribution in [0.5, 0.6) is 0 Å². The summed E-state index contributed by atoms with van der Waals surface area (Å²) in [5.41, 5.74) is 1.58. The molecular formula is C10H18ClNS. The van der Waals surface area contributed by atoms with Gasteiger partial charge >= 0.3 is 0 Å². The number of nitrogens with one attached hydrogen (secondary N) is 1. The van der Waals surface area contributed by atoms with Crippen molar-refractivity contribution in [2.24, 2.45) is 0 Å². The van der Waals surface area contributed by atoms with Crippen molar-refractivity contribution < 1.29 is 0 Å². The van der Waals surface area contributed by atoms with Gasteiger partial charge in [0.05, 0.1) is 0 Å². The summed E-state index contributed by atoms with van der Waals surface area (Å²) >= 11 is 7.46. The van der Waals surface area contributed by atoms with Gasteiger partial charge in [-0.15, -0.1) is 0 Å². The maximum absolute atomic E-state index is 5.44. The molecule has 0 radical (unpaired) electrons. The van der Waals surface area contributed by atoms with Crippen LogP contribution in [0.2, 0.25) is 0 Å². The fourth-order valence-corrected chi connectivity index (χ4v) is 2.93. The topological polar surface area (TPSA) is 12.0 Å². The van der Waals surface area contributed by atoms with Crippen molar-refractivity contribution in [3.05, 3.63) is 11.6 Å².